The molecule has 1 aromatic carbocycles. The summed E-state index contributed by atoms with van der Waals surface area (Å²) in [6, 6.07) is 7.66. The lowest BCUT2D eigenvalue weighted by molar-refractivity contribution is -0.136. The summed E-state index contributed by atoms with van der Waals surface area (Å²) in [4.78, 5) is 17.1. The van der Waals surface area contributed by atoms with Gasteiger partial charge in [-0.2, -0.15) is 5.10 Å². The standard InChI is InChI=1S/C23H29FN4O2/c1-26(2)22(29)17(13-27-9-3-8-25-27)14-28-19-6-7-20(28)12-23(11-19)21-10-18(24)5-4-16(21)15-30-23/h3-5,8-10,17,19-20H,6-7,11-15H2,1-2H3. The topological polar surface area (TPSA) is 50.6 Å². The van der Waals surface area contributed by atoms with E-state index in [-0.39, 0.29) is 23.2 Å². The first-order chi connectivity index (χ1) is 14.4. The zero-order valence-electron chi connectivity index (χ0n) is 17.6. The van der Waals surface area contributed by atoms with Gasteiger partial charge >= 0.3 is 0 Å². The Morgan fingerprint density at radius 2 is 2.07 bits per heavy atom. The number of halogens is 1. The van der Waals surface area contributed by atoms with Crippen LogP contribution in [0.15, 0.2) is 36.7 Å². The second kappa shape index (κ2) is 7.46. The number of ether oxygens (including phenoxy) is 1. The van der Waals surface area contributed by atoms with Gasteiger partial charge in [0.1, 0.15) is 5.82 Å². The Morgan fingerprint density at radius 3 is 2.73 bits per heavy atom. The summed E-state index contributed by atoms with van der Waals surface area (Å²) in [5, 5.41) is 4.31. The van der Waals surface area contributed by atoms with Gasteiger partial charge in [0, 0.05) is 45.1 Å². The molecule has 2 aromatic rings. The smallest absolute Gasteiger partial charge is 0.228 e. The zero-order valence-corrected chi connectivity index (χ0v) is 17.6. The fourth-order valence-electron chi connectivity index (χ4n) is 5.79. The van der Waals surface area contributed by atoms with E-state index in [1.165, 1.54) is 6.07 Å². The lowest BCUT2D eigenvalue weighted by Gasteiger charge is -2.45. The maximum absolute atomic E-state index is 14.0. The molecule has 2 fully saturated rings. The molecule has 2 bridgehead atoms. The van der Waals surface area contributed by atoms with Gasteiger partial charge in [0.2, 0.25) is 5.91 Å². The molecule has 0 N–H and O–H groups in total. The first-order valence-electron chi connectivity index (χ1n) is 10.8. The molecule has 0 radical (unpaired) electrons. The van der Waals surface area contributed by atoms with Crippen LogP contribution in [0.3, 0.4) is 0 Å². The molecular weight excluding hydrogens is 383 g/mol. The molecular formula is C23H29FN4O2. The van der Waals surface area contributed by atoms with E-state index in [9.17, 15) is 9.18 Å². The molecule has 1 amide bonds. The first kappa shape index (κ1) is 19.7. The molecule has 7 heteroatoms. The third kappa shape index (κ3) is 3.34. The fraction of sp³-hybridized carbons (Fsp3) is 0.565. The Morgan fingerprint density at radius 1 is 1.30 bits per heavy atom. The Kier molecular flexibility index (Phi) is 4.90. The van der Waals surface area contributed by atoms with Gasteiger partial charge in [0.15, 0.2) is 0 Å². The van der Waals surface area contributed by atoms with Crippen molar-refractivity contribution in [1.82, 2.24) is 19.6 Å². The largest absolute Gasteiger partial charge is 0.365 e. The third-order valence-corrected chi connectivity index (χ3v) is 7.16. The minimum Gasteiger partial charge on any atom is -0.365 e. The van der Waals surface area contributed by atoms with Crippen molar-refractivity contribution < 1.29 is 13.9 Å². The zero-order chi connectivity index (χ0) is 20.9. The maximum Gasteiger partial charge on any atom is 0.228 e. The highest BCUT2D eigenvalue weighted by Crippen LogP contribution is 2.52. The number of hydrogen-bond donors (Lipinski definition) is 0. The van der Waals surface area contributed by atoms with E-state index in [0.29, 0.717) is 25.2 Å². The Hall–Kier alpha value is -2.25. The van der Waals surface area contributed by atoms with Crippen molar-refractivity contribution in [1.29, 1.82) is 0 Å². The summed E-state index contributed by atoms with van der Waals surface area (Å²) in [5.74, 6) is -0.203. The number of benzene rings is 1. The van der Waals surface area contributed by atoms with Crippen LogP contribution in [0.25, 0.3) is 0 Å². The molecule has 1 aromatic heterocycles. The van der Waals surface area contributed by atoms with Gasteiger partial charge in [-0.1, -0.05) is 6.07 Å². The number of carbonyl (C=O) groups excluding carboxylic acids is 1. The molecule has 0 aliphatic carbocycles. The highest BCUT2D eigenvalue weighted by molar-refractivity contribution is 5.78. The number of hydrogen-bond acceptors (Lipinski definition) is 4. The van der Waals surface area contributed by atoms with Gasteiger partial charge < -0.3 is 9.64 Å². The normalized spacial score (nSPS) is 28.6. The van der Waals surface area contributed by atoms with Crippen LogP contribution in [0.1, 0.15) is 36.8 Å². The summed E-state index contributed by atoms with van der Waals surface area (Å²) in [6.07, 6.45) is 7.60. The summed E-state index contributed by atoms with van der Waals surface area (Å²) >= 11 is 0. The van der Waals surface area contributed by atoms with E-state index < -0.39 is 0 Å². The van der Waals surface area contributed by atoms with Gasteiger partial charge in [0.25, 0.3) is 0 Å². The van der Waals surface area contributed by atoms with Crippen LogP contribution in [0.5, 0.6) is 0 Å². The number of carbonyl (C=O) groups is 1. The molecule has 2 saturated heterocycles. The van der Waals surface area contributed by atoms with Crippen LogP contribution in [0.2, 0.25) is 0 Å². The quantitative estimate of drug-likeness (QED) is 0.758. The highest BCUT2D eigenvalue weighted by atomic mass is 19.1. The fourth-order valence-corrected chi connectivity index (χ4v) is 5.79. The predicted octanol–water partition coefficient (Wildman–Crippen LogP) is 2.78. The summed E-state index contributed by atoms with van der Waals surface area (Å²) in [6.45, 7) is 1.87. The Labute approximate surface area is 176 Å². The first-order valence-corrected chi connectivity index (χ1v) is 10.8. The van der Waals surface area contributed by atoms with Crippen LogP contribution >= 0.6 is 0 Å². The van der Waals surface area contributed by atoms with E-state index >= 15 is 0 Å². The van der Waals surface area contributed by atoms with Crippen molar-refractivity contribution in [2.45, 2.75) is 56.5 Å². The second-order valence-corrected chi connectivity index (χ2v) is 9.23. The summed E-state index contributed by atoms with van der Waals surface area (Å²) < 4.78 is 22.2. The molecule has 160 valence electrons. The van der Waals surface area contributed by atoms with E-state index in [2.05, 4.69) is 10.00 Å². The molecule has 3 aliphatic rings. The van der Waals surface area contributed by atoms with Crippen molar-refractivity contribution in [3.05, 3.63) is 53.6 Å². The average molecular weight is 413 g/mol. The van der Waals surface area contributed by atoms with Crippen LogP contribution in [-0.2, 0) is 28.3 Å². The number of aromatic nitrogens is 2. The van der Waals surface area contributed by atoms with Crippen molar-refractivity contribution in [3.8, 4) is 0 Å². The summed E-state index contributed by atoms with van der Waals surface area (Å²) in [5.41, 5.74) is 1.78. The Bertz CT molecular complexity index is 915. The molecule has 30 heavy (non-hydrogen) atoms. The third-order valence-electron chi connectivity index (χ3n) is 7.16. The van der Waals surface area contributed by atoms with Crippen LogP contribution in [0, 0.1) is 11.7 Å². The van der Waals surface area contributed by atoms with Gasteiger partial charge in [0.05, 0.1) is 24.7 Å². The molecule has 4 heterocycles. The van der Waals surface area contributed by atoms with Crippen molar-refractivity contribution in [3.63, 3.8) is 0 Å². The number of nitrogens with zero attached hydrogens (tertiary/aromatic N) is 4. The predicted molar refractivity (Wildman–Crippen MR) is 110 cm³/mol. The number of fused-ring (bicyclic) bond motifs is 4. The molecule has 3 aliphatic heterocycles. The van der Waals surface area contributed by atoms with Gasteiger partial charge in [-0.3, -0.25) is 14.4 Å². The number of rotatable bonds is 5. The molecule has 6 nitrogen and oxygen atoms in total. The van der Waals surface area contributed by atoms with Crippen molar-refractivity contribution in [2.75, 3.05) is 20.6 Å². The number of piperidine rings is 1. The maximum atomic E-state index is 14.0. The van der Waals surface area contributed by atoms with Gasteiger partial charge in [-0.05, 0) is 55.0 Å². The van der Waals surface area contributed by atoms with E-state index in [1.807, 2.05) is 37.1 Å². The SMILES string of the molecule is CN(C)C(=O)C(CN1C2CCC1CC1(C2)OCc2ccc(F)cc21)Cn1cccn1. The van der Waals surface area contributed by atoms with Gasteiger partial charge in [-0.25, -0.2) is 4.39 Å². The minimum atomic E-state index is -0.372. The van der Waals surface area contributed by atoms with E-state index in [4.69, 9.17) is 4.74 Å². The lowest BCUT2D eigenvalue weighted by Crippen LogP contribution is -2.52. The second-order valence-electron chi connectivity index (χ2n) is 9.23. The van der Waals surface area contributed by atoms with Crippen molar-refractivity contribution in [2.24, 2.45) is 5.92 Å². The van der Waals surface area contributed by atoms with E-state index in [0.717, 1.165) is 43.4 Å². The highest BCUT2D eigenvalue weighted by Gasteiger charge is 2.53. The molecule has 5 rings (SSSR count). The molecule has 3 atom stereocenters. The Balaban J connectivity index is 1.36. The molecule has 1 spiro atoms. The van der Waals surface area contributed by atoms with Crippen LogP contribution in [0.4, 0.5) is 4.39 Å². The number of amides is 1. The monoisotopic (exact) mass is 412 g/mol. The van der Waals surface area contributed by atoms with Crippen LogP contribution < -0.4 is 0 Å². The minimum absolute atomic E-state index is 0.134. The molecule has 3 unspecified atom stereocenters. The van der Waals surface area contributed by atoms with Crippen molar-refractivity contribution >= 4 is 5.91 Å². The van der Waals surface area contributed by atoms with Crippen LogP contribution in [-0.4, -0.2) is 58.2 Å². The summed E-state index contributed by atoms with van der Waals surface area (Å²) in [7, 11) is 3.63. The average Bonchev–Trinajstić information content (AvgIpc) is 3.40. The lowest BCUT2D eigenvalue weighted by atomic mass is 9.79. The molecule has 0 saturated carbocycles. The van der Waals surface area contributed by atoms with Gasteiger partial charge in [-0.15, -0.1) is 0 Å². The van der Waals surface area contributed by atoms with E-state index in [1.54, 1.807) is 17.2 Å².